The van der Waals surface area contributed by atoms with E-state index < -0.39 is 0 Å². The highest BCUT2D eigenvalue weighted by atomic mass is 16.5. The lowest BCUT2D eigenvalue weighted by molar-refractivity contribution is -0.117. The molecule has 2 rings (SSSR count). The van der Waals surface area contributed by atoms with Gasteiger partial charge in [-0.3, -0.25) is 4.79 Å². The summed E-state index contributed by atoms with van der Waals surface area (Å²) in [7, 11) is 1.51. The molecule has 0 bridgehead atoms. The Hall–Kier alpha value is -2.06. The quantitative estimate of drug-likeness (QED) is 0.840. The van der Waals surface area contributed by atoms with Crippen molar-refractivity contribution in [2.75, 3.05) is 19.0 Å². The summed E-state index contributed by atoms with van der Waals surface area (Å²) in [6, 6.07) is 6.84. The van der Waals surface area contributed by atoms with Gasteiger partial charge in [0.05, 0.1) is 30.5 Å². The van der Waals surface area contributed by atoms with Gasteiger partial charge in [0.2, 0.25) is 5.91 Å². The van der Waals surface area contributed by atoms with E-state index in [-0.39, 0.29) is 11.9 Å². The third kappa shape index (κ3) is 2.60. The van der Waals surface area contributed by atoms with Crippen molar-refractivity contribution in [3.05, 3.63) is 23.8 Å². The maximum atomic E-state index is 11.9. The zero-order chi connectivity index (χ0) is 13.0. The smallest absolute Gasteiger partial charge is 0.241 e. The van der Waals surface area contributed by atoms with Crippen molar-refractivity contribution < 1.29 is 9.53 Å². The Morgan fingerprint density at radius 3 is 3.06 bits per heavy atom. The van der Waals surface area contributed by atoms with Gasteiger partial charge in [-0.05, 0) is 31.5 Å². The van der Waals surface area contributed by atoms with E-state index in [0.29, 0.717) is 17.0 Å². The predicted molar refractivity (Wildman–Crippen MR) is 67.4 cm³/mol. The van der Waals surface area contributed by atoms with Gasteiger partial charge >= 0.3 is 0 Å². The molecule has 1 aromatic carbocycles. The molecule has 0 unspecified atom stereocenters. The van der Waals surface area contributed by atoms with Crippen molar-refractivity contribution in [3.8, 4) is 11.8 Å². The number of benzene rings is 1. The summed E-state index contributed by atoms with van der Waals surface area (Å²) in [5, 5.41) is 14.8. The summed E-state index contributed by atoms with van der Waals surface area (Å²) in [4.78, 5) is 11.9. The van der Waals surface area contributed by atoms with Crippen LogP contribution in [-0.2, 0) is 4.79 Å². The van der Waals surface area contributed by atoms with E-state index >= 15 is 0 Å². The first-order valence-corrected chi connectivity index (χ1v) is 5.87. The summed E-state index contributed by atoms with van der Waals surface area (Å²) in [6.07, 6.45) is 1.87. The number of hydrogen-bond acceptors (Lipinski definition) is 4. The molecule has 1 saturated heterocycles. The van der Waals surface area contributed by atoms with Crippen LogP contribution in [0, 0.1) is 11.3 Å². The number of carbonyl (C=O) groups excluding carboxylic acids is 1. The van der Waals surface area contributed by atoms with Crippen LogP contribution in [0.5, 0.6) is 5.75 Å². The molecule has 1 aromatic rings. The lowest BCUT2D eigenvalue weighted by atomic mass is 10.1. The molecule has 1 aliphatic rings. The number of hydrogen-bond donors (Lipinski definition) is 2. The molecule has 0 aromatic heterocycles. The van der Waals surface area contributed by atoms with Gasteiger partial charge in [0.15, 0.2) is 0 Å². The molecular weight excluding hydrogens is 230 g/mol. The molecule has 18 heavy (non-hydrogen) atoms. The van der Waals surface area contributed by atoms with E-state index in [4.69, 9.17) is 10.00 Å². The molecule has 1 atom stereocenters. The third-order valence-corrected chi connectivity index (χ3v) is 2.97. The number of nitriles is 1. The van der Waals surface area contributed by atoms with E-state index in [1.54, 1.807) is 18.2 Å². The van der Waals surface area contributed by atoms with Crippen molar-refractivity contribution in [3.63, 3.8) is 0 Å². The molecule has 0 aliphatic carbocycles. The summed E-state index contributed by atoms with van der Waals surface area (Å²) in [6.45, 7) is 0.878. The summed E-state index contributed by atoms with van der Waals surface area (Å²) in [5.41, 5.74) is 1.10. The highest BCUT2D eigenvalue weighted by molar-refractivity contribution is 5.96. The first-order chi connectivity index (χ1) is 8.74. The first kappa shape index (κ1) is 12.4. The van der Waals surface area contributed by atoms with E-state index in [2.05, 4.69) is 10.6 Å². The Balaban J connectivity index is 2.13. The van der Waals surface area contributed by atoms with E-state index in [1.807, 2.05) is 6.07 Å². The lowest BCUT2D eigenvalue weighted by Gasteiger charge is -2.13. The highest BCUT2D eigenvalue weighted by Gasteiger charge is 2.22. The summed E-state index contributed by atoms with van der Waals surface area (Å²) < 4.78 is 5.17. The molecule has 94 valence electrons. The zero-order valence-corrected chi connectivity index (χ0v) is 10.2. The number of nitrogens with one attached hydrogen (secondary N) is 2. The minimum absolute atomic E-state index is 0.0597. The minimum Gasteiger partial charge on any atom is -0.495 e. The van der Waals surface area contributed by atoms with Crippen molar-refractivity contribution in [1.82, 2.24) is 5.32 Å². The number of anilines is 1. The average molecular weight is 245 g/mol. The molecule has 1 fully saturated rings. The van der Waals surface area contributed by atoms with Crippen LogP contribution in [0.1, 0.15) is 18.4 Å². The Morgan fingerprint density at radius 1 is 1.61 bits per heavy atom. The number of ether oxygens (including phenoxy) is 1. The number of amides is 1. The number of rotatable bonds is 3. The van der Waals surface area contributed by atoms with Crippen LogP contribution < -0.4 is 15.4 Å². The van der Waals surface area contributed by atoms with Gasteiger partial charge in [0, 0.05) is 6.07 Å². The maximum absolute atomic E-state index is 11.9. The third-order valence-electron chi connectivity index (χ3n) is 2.97. The van der Waals surface area contributed by atoms with Crippen molar-refractivity contribution in [2.45, 2.75) is 18.9 Å². The molecule has 5 nitrogen and oxygen atoms in total. The largest absolute Gasteiger partial charge is 0.495 e. The topological polar surface area (TPSA) is 74.1 Å². The normalized spacial score (nSPS) is 18.1. The van der Waals surface area contributed by atoms with E-state index in [1.165, 1.54) is 7.11 Å². The van der Waals surface area contributed by atoms with E-state index in [0.717, 1.165) is 19.4 Å². The monoisotopic (exact) mass is 245 g/mol. The molecule has 1 aliphatic heterocycles. The van der Waals surface area contributed by atoms with Gasteiger partial charge in [-0.15, -0.1) is 0 Å². The first-order valence-electron chi connectivity index (χ1n) is 5.87. The van der Waals surface area contributed by atoms with Crippen LogP contribution in [0.25, 0.3) is 0 Å². The minimum atomic E-state index is -0.134. The highest BCUT2D eigenvalue weighted by Crippen LogP contribution is 2.25. The van der Waals surface area contributed by atoms with Crippen LogP contribution in [0.2, 0.25) is 0 Å². The van der Waals surface area contributed by atoms with Gasteiger partial charge in [0.1, 0.15) is 5.75 Å². The second kappa shape index (κ2) is 5.52. The summed E-state index contributed by atoms with van der Waals surface area (Å²) in [5.74, 6) is 0.441. The second-order valence-electron chi connectivity index (χ2n) is 4.17. The maximum Gasteiger partial charge on any atom is 0.241 e. The van der Waals surface area contributed by atoms with Gasteiger partial charge in [-0.25, -0.2) is 0 Å². The summed E-state index contributed by atoms with van der Waals surface area (Å²) >= 11 is 0. The zero-order valence-electron chi connectivity index (χ0n) is 10.2. The fraction of sp³-hybridized carbons (Fsp3) is 0.385. The van der Waals surface area contributed by atoms with Crippen LogP contribution in [0.3, 0.4) is 0 Å². The second-order valence-corrected chi connectivity index (χ2v) is 4.17. The standard InChI is InChI=1S/C13H15N3O2/c1-18-12-7-9(8-14)4-5-10(12)16-13(17)11-3-2-6-15-11/h4-5,7,11,15H,2-3,6H2,1H3,(H,16,17)/t11-/m0/s1. The van der Waals surface area contributed by atoms with Crippen LogP contribution in [0.15, 0.2) is 18.2 Å². The average Bonchev–Trinajstić information content (AvgIpc) is 2.93. The van der Waals surface area contributed by atoms with E-state index in [9.17, 15) is 4.79 Å². The Morgan fingerprint density at radius 2 is 2.44 bits per heavy atom. The van der Waals surface area contributed by atoms with Crippen LogP contribution >= 0.6 is 0 Å². The van der Waals surface area contributed by atoms with Crippen molar-refractivity contribution in [2.24, 2.45) is 0 Å². The fourth-order valence-electron chi connectivity index (χ4n) is 1.99. The molecule has 2 N–H and O–H groups in total. The van der Waals surface area contributed by atoms with Crippen LogP contribution in [0.4, 0.5) is 5.69 Å². The number of carbonyl (C=O) groups is 1. The molecule has 0 saturated carbocycles. The molecule has 1 heterocycles. The van der Waals surface area contributed by atoms with Gasteiger partial charge in [-0.1, -0.05) is 0 Å². The molecular formula is C13H15N3O2. The van der Waals surface area contributed by atoms with Crippen molar-refractivity contribution in [1.29, 1.82) is 5.26 Å². The Bertz CT molecular complexity index is 487. The number of methoxy groups -OCH3 is 1. The molecule has 1 amide bonds. The Kier molecular flexibility index (Phi) is 3.80. The molecule has 0 radical (unpaired) electrons. The fourth-order valence-corrected chi connectivity index (χ4v) is 1.99. The van der Waals surface area contributed by atoms with Gasteiger partial charge in [-0.2, -0.15) is 5.26 Å². The Labute approximate surface area is 106 Å². The number of nitrogens with zero attached hydrogens (tertiary/aromatic N) is 1. The lowest BCUT2D eigenvalue weighted by Crippen LogP contribution is -2.35. The van der Waals surface area contributed by atoms with Crippen LogP contribution in [-0.4, -0.2) is 25.6 Å². The molecule has 0 spiro atoms. The SMILES string of the molecule is COc1cc(C#N)ccc1NC(=O)[C@@H]1CCCN1. The van der Waals surface area contributed by atoms with Gasteiger partial charge < -0.3 is 15.4 Å². The van der Waals surface area contributed by atoms with Crippen molar-refractivity contribution >= 4 is 11.6 Å². The van der Waals surface area contributed by atoms with Gasteiger partial charge in [0.25, 0.3) is 0 Å². The molecule has 5 heteroatoms. The predicted octanol–water partition coefficient (Wildman–Crippen LogP) is 1.26.